The van der Waals surface area contributed by atoms with E-state index in [2.05, 4.69) is 5.32 Å². The van der Waals surface area contributed by atoms with Crippen molar-refractivity contribution in [3.05, 3.63) is 65.2 Å². The van der Waals surface area contributed by atoms with Gasteiger partial charge in [-0.25, -0.2) is 0 Å². The van der Waals surface area contributed by atoms with Crippen molar-refractivity contribution in [2.75, 3.05) is 5.32 Å². The summed E-state index contributed by atoms with van der Waals surface area (Å²) in [6.07, 6.45) is 1.39. The molecule has 20 heavy (non-hydrogen) atoms. The van der Waals surface area contributed by atoms with Crippen molar-refractivity contribution in [1.82, 2.24) is 0 Å². The molecule has 0 fully saturated rings. The molecule has 2 aromatic carbocycles. The lowest BCUT2D eigenvalue weighted by Crippen LogP contribution is -2.36. The Hall–Kier alpha value is -1.84. The van der Waals surface area contributed by atoms with Gasteiger partial charge in [0.25, 0.3) is 0 Å². The molecule has 2 aromatic rings. The van der Waals surface area contributed by atoms with Crippen LogP contribution in [-0.4, -0.2) is 11.9 Å². The first-order valence-electron chi connectivity index (χ1n) is 6.51. The second-order valence-corrected chi connectivity index (χ2v) is 5.07. The molecule has 0 radical (unpaired) electrons. The van der Waals surface area contributed by atoms with Crippen LogP contribution in [0.2, 0.25) is 5.02 Å². The molecule has 0 saturated carbocycles. The largest absolute Gasteiger partial charge is 0.325 e. The maximum Gasteiger partial charge on any atom is 0.241 e. The number of amides is 1. The Morgan fingerprint density at radius 2 is 1.90 bits per heavy atom. The first-order valence-corrected chi connectivity index (χ1v) is 6.89. The summed E-state index contributed by atoms with van der Waals surface area (Å²) in [7, 11) is 0. The number of anilines is 1. The van der Waals surface area contributed by atoms with Crippen molar-refractivity contribution in [1.29, 1.82) is 0 Å². The highest BCUT2D eigenvalue weighted by molar-refractivity contribution is 6.30. The average molecular weight is 289 g/mol. The van der Waals surface area contributed by atoms with Gasteiger partial charge in [-0.15, -0.1) is 0 Å². The molecule has 2 rings (SSSR count). The van der Waals surface area contributed by atoms with E-state index in [0.717, 1.165) is 6.42 Å². The Morgan fingerprint density at radius 3 is 2.60 bits per heavy atom. The lowest BCUT2D eigenvalue weighted by Gasteiger charge is -2.12. The number of hydrogen-bond donors (Lipinski definition) is 2. The van der Waals surface area contributed by atoms with Crippen LogP contribution in [0.3, 0.4) is 0 Å². The van der Waals surface area contributed by atoms with Crippen molar-refractivity contribution >= 4 is 23.2 Å². The molecular weight excluding hydrogens is 272 g/mol. The smallest absolute Gasteiger partial charge is 0.241 e. The summed E-state index contributed by atoms with van der Waals surface area (Å²) in [5.74, 6) is -0.191. The van der Waals surface area contributed by atoms with Gasteiger partial charge in [0, 0.05) is 10.7 Å². The Kier molecular flexibility index (Phi) is 5.16. The summed E-state index contributed by atoms with van der Waals surface area (Å²) in [6.45, 7) is 0. The normalized spacial score (nSPS) is 11.9. The van der Waals surface area contributed by atoms with Gasteiger partial charge in [-0.1, -0.05) is 48.0 Å². The van der Waals surface area contributed by atoms with Crippen LogP contribution in [0.15, 0.2) is 54.6 Å². The SMILES string of the molecule is NC(CCc1ccccc1)C(=O)Nc1cccc(Cl)c1. The molecule has 1 amide bonds. The fraction of sp³-hybridized carbons (Fsp3) is 0.188. The molecule has 0 aliphatic heterocycles. The van der Waals surface area contributed by atoms with Crippen molar-refractivity contribution < 1.29 is 4.79 Å². The third-order valence-electron chi connectivity index (χ3n) is 3.02. The summed E-state index contributed by atoms with van der Waals surface area (Å²) in [5.41, 5.74) is 7.75. The summed E-state index contributed by atoms with van der Waals surface area (Å²) in [6, 6.07) is 16.5. The third-order valence-corrected chi connectivity index (χ3v) is 3.25. The average Bonchev–Trinajstić information content (AvgIpc) is 2.46. The Balaban J connectivity index is 1.86. The third kappa shape index (κ3) is 4.37. The quantitative estimate of drug-likeness (QED) is 0.887. The number of rotatable bonds is 5. The number of hydrogen-bond acceptors (Lipinski definition) is 2. The highest BCUT2D eigenvalue weighted by Gasteiger charge is 2.13. The molecule has 4 heteroatoms. The fourth-order valence-electron chi connectivity index (χ4n) is 1.90. The Bertz CT molecular complexity index is 572. The molecule has 0 saturated heterocycles. The molecule has 104 valence electrons. The van der Waals surface area contributed by atoms with Crippen LogP contribution in [0.1, 0.15) is 12.0 Å². The number of aryl methyl sites for hydroxylation is 1. The zero-order valence-corrected chi connectivity index (χ0v) is 11.8. The zero-order valence-electron chi connectivity index (χ0n) is 11.1. The molecule has 3 nitrogen and oxygen atoms in total. The van der Waals surface area contributed by atoms with Gasteiger partial charge in [-0.2, -0.15) is 0 Å². The summed E-state index contributed by atoms with van der Waals surface area (Å²) in [5, 5.41) is 3.35. The monoisotopic (exact) mass is 288 g/mol. The van der Waals surface area contributed by atoms with Gasteiger partial charge in [0.1, 0.15) is 0 Å². The topological polar surface area (TPSA) is 55.1 Å². The molecule has 0 heterocycles. The molecule has 0 aliphatic carbocycles. The van der Waals surface area contributed by atoms with Gasteiger partial charge in [0.05, 0.1) is 6.04 Å². The zero-order chi connectivity index (χ0) is 14.4. The van der Waals surface area contributed by atoms with E-state index in [4.69, 9.17) is 17.3 Å². The molecule has 3 N–H and O–H groups in total. The minimum atomic E-state index is -0.533. The van der Waals surface area contributed by atoms with Crippen LogP contribution in [0, 0.1) is 0 Å². The lowest BCUT2D eigenvalue weighted by atomic mass is 10.1. The van der Waals surface area contributed by atoms with Crippen LogP contribution in [0.25, 0.3) is 0 Å². The number of halogens is 1. The van der Waals surface area contributed by atoms with E-state index in [-0.39, 0.29) is 5.91 Å². The lowest BCUT2D eigenvalue weighted by molar-refractivity contribution is -0.117. The Labute approximate surface area is 123 Å². The number of carbonyl (C=O) groups excluding carboxylic acids is 1. The second-order valence-electron chi connectivity index (χ2n) is 4.63. The van der Waals surface area contributed by atoms with Gasteiger partial charge in [0.15, 0.2) is 0 Å². The summed E-state index contributed by atoms with van der Waals surface area (Å²) >= 11 is 5.87. The molecule has 0 bridgehead atoms. The Morgan fingerprint density at radius 1 is 1.15 bits per heavy atom. The van der Waals surface area contributed by atoms with Crippen LogP contribution >= 0.6 is 11.6 Å². The van der Waals surface area contributed by atoms with Crippen LogP contribution in [0.5, 0.6) is 0 Å². The maximum atomic E-state index is 12.0. The van der Waals surface area contributed by atoms with Gasteiger partial charge in [0.2, 0.25) is 5.91 Å². The van der Waals surface area contributed by atoms with E-state index in [1.54, 1.807) is 24.3 Å². The van der Waals surface area contributed by atoms with Crippen molar-refractivity contribution in [2.45, 2.75) is 18.9 Å². The van der Waals surface area contributed by atoms with E-state index in [9.17, 15) is 4.79 Å². The van der Waals surface area contributed by atoms with E-state index in [1.165, 1.54) is 5.56 Å². The van der Waals surface area contributed by atoms with Crippen molar-refractivity contribution in [3.63, 3.8) is 0 Å². The molecular formula is C16H17ClN2O. The second kappa shape index (κ2) is 7.08. The van der Waals surface area contributed by atoms with E-state index in [1.807, 2.05) is 30.3 Å². The predicted molar refractivity (Wildman–Crippen MR) is 82.8 cm³/mol. The first-order chi connectivity index (χ1) is 9.65. The van der Waals surface area contributed by atoms with E-state index < -0.39 is 6.04 Å². The maximum absolute atomic E-state index is 12.0. The molecule has 1 atom stereocenters. The van der Waals surface area contributed by atoms with Gasteiger partial charge < -0.3 is 11.1 Å². The summed E-state index contributed by atoms with van der Waals surface area (Å²) < 4.78 is 0. The molecule has 0 aromatic heterocycles. The van der Waals surface area contributed by atoms with Gasteiger partial charge >= 0.3 is 0 Å². The van der Waals surface area contributed by atoms with E-state index in [0.29, 0.717) is 17.1 Å². The molecule has 0 spiro atoms. The number of benzene rings is 2. The van der Waals surface area contributed by atoms with E-state index >= 15 is 0 Å². The minimum absolute atomic E-state index is 0.191. The van der Waals surface area contributed by atoms with Gasteiger partial charge in [-0.05, 0) is 36.6 Å². The molecule has 1 unspecified atom stereocenters. The van der Waals surface area contributed by atoms with Gasteiger partial charge in [-0.3, -0.25) is 4.79 Å². The van der Waals surface area contributed by atoms with Crippen LogP contribution in [0.4, 0.5) is 5.69 Å². The van der Waals surface area contributed by atoms with Crippen molar-refractivity contribution in [3.8, 4) is 0 Å². The number of nitrogens with two attached hydrogens (primary N) is 1. The first kappa shape index (κ1) is 14.6. The summed E-state index contributed by atoms with van der Waals surface area (Å²) in [4.78, 5) is 12.0. The van der Waals surface area contributed by atoms with Crippen LogP contribution < -0.4 is 11.1 Å². The highest BCUT2D eigenvalue weighted by atomic mass is 35.5. The molecule has 0 aliphatic rings. The number of nitrogens with one attached hydrogen (secondary N) is 1. The minimum Gasteiger partial charge on any atom is -0.325 e. The standard InChI is InChI=1S/C16H17ClN2O/c17-13-7-4-8-14(11-13)19-16(20)15(18)10-9-12-5-2-1-3-6-12/h1-8,11,15H,9-10,18H2,(H,19,20). The predicted octanol–water partition coefficient (Wildman–Crippen LogP) is 3.24. The van der Waals surface area contributed by atoms with Crippen molar-refractivity contribution in [2.24, 2.45) is 5.73 Å². The highest BCUT2D eigenvalue weighted by Crippen LogP contribution is 2.15. The number of carbonyl (C=O) groups is 1. The fourth-order valence-corrected chi connectivity index (χ4v) is 2.09. The van der Waals surface area contributed by atoms with Crippen LogP contribution in [-0.2, 0) is 11.2 Å².